The molecule has 1 aromatic rings. The molecule has 0 radical (unpaired) electrons. The van der Waals surface area contributed by atoms with E-state index in [4.69, 9.17) is 0 Å². The van der Waals surface area contributed by atoms with Crippen molar-refractivity contribution in [2.75, 3.05) is 7.05 Å². The minimum Gasteiger partial charge on any atom is -0.317 e. The van der Waals surface area contributed by atoms with E-state index >= 15 is 0 Å². The summed E-state index contributed by atoms with van der Waals surface area (Å²) >= 11 is 0. The van der Waals surface area contributed by atoms with Crippen LogP contribution in [0.4, 0.5) is 0 Å². The molecule has 0 aliphatic heterocycles. The number of benzene rings is 1. The quantitative estimate of drug-likeness (QED) is 0.835. The molecule has 0 aromatic heterocycles. The van der Waals surface area contributed by atoms with Crippen molar-refractivity contribution in [3.8, 4) is 0 Å². The Hall–Kier alpha value is -0.820. The van der Waals surface area contributed by atoms with Gasteiger partial charge in [0.05, 0.1) is 0 Å². The van der Waals surface area contributed by atoms with Gasteiger partial charge < -0.3 is 5.32 Å². The van der Waals surface area contributed by atoms with Crippen molar-refractivity contribution >= 4 is 0 Å². The maximum absolute atomic E-state index is 3.55. The van der Waals surface area contributed by atoms with E-state index < -0.39 is 0 Å². The van der Waals surface area contributed by atoms with E-state index in [9.17, 15) is 0 Å². The van der Waals surface area contributed by atoms with Gasteiger partial charge >= 0.3 is 0 Å². The first kappa shape index (κ1) is 11.3. The fraction of sp³-hybridized carbons (Fsp3) is 0.625. The fourth-order valence-corrected chi connectivity index (χ4v) is 4.01. The van der Waals surface area contributed by atoms with E-state index in [0.717, 1.165) is 23.8 Å². The summed E-state index contributed by atoms with van der Waals surface area (Å²) in [5.74, 6) is 2.74. The Morgan fingerprint density at radius 3 is 2.94 bits per heavy atom. The minimum atomic E-state index is 0.737. The number of nitrogens with one attached hydrogen (secondary N) is 1. The topological polar surface area (TPSA) is 12.0 Å². The van der Waals surface area contributed by atoms with Gasteiger partial charge in [-0.3, -0.25) is 0 Å². The number of rotatable bonds is 4. The van der Waals surface area contributed by atoms with Gasteiger partial charge in [-0.1, -0.05) is 37.6 Å². The van der Waals surface area contributed by atoms with Gasteiger partial charge in [-0.05, 0) is 55.2 Å². The number of fused-ring (bicyclic) bond motifs is 3. The Morgan fingerprint density at radius 1 is 1.35 bits per heavy atom. The summed E-state index contributed by atoms with van der Waals surface area (Å²) in [6.07, 6.45) is 5.34. The molecule has 0 amide bonds. The molecule has 1 nitrogen and oxygen atoms in total. The van der Waals surface area contributed by atoms with E-state index in [1.54, 1.807) is 11.1 Å². The second-order valence-corrected chi connectivity index (χ2v) is 5.69. The normalized spacial score (nSPS) is 31.5. The summed E-state index contributed by atoms with van der Waals surface area (Å²) in [6.45, 7) is 2.30. The molecule has 3 rings (SSSR count). The zero-order chi connectivity index (χ0) is 11.8. The van der Waals surface area contributed by atoms with Crippen LogP contribution < -0.4 is 5.32 Å². The van der Waals surface area contributed by atoms with Crippen molar-refractivity contribution in [3.05, 3.63) is 35.4 Å². The second-order valence-electron chi connectivity index (χ2n) is 5.69. The third-order valence-corrected chi connectivity index (χ3v) is 4.83. The van der Waals surface area contributed by atoms with E-state index in [0.29, 0.717) is 0 Å². The first-order chi connectivity index (χ1) is 8.36. The summed E-state index contributed by atoms with van der Waals surface area (Å²) in [5.41, 5.74) is 3.27. The molecule has 1 aromatic carbocycles. The Balaban J connectivity index is 1.81. The smallest absolute Gasteiger partial charge is 0.0101 e. The summed E-state index contributed by atoms with van der Waals surface area (Å²) in [7, 11) is 2.14. The first-order valence-corrected chi connectivity index (χ1v) is 7.12. The highest BCUT2D eigenvalue weighted by Gasteiger charge is 2.55. The Bertz CT molecular complexity index is 398. The third-order valence-electron chi connectivity index (χ3n) is 4.83. The Morgan fingerprint density at radius 2 is 2.18 bits per heavy atom. The Kier molecular flexibility index (Phi) is 2.96. The van der Waals surface area contributed by atoms with Crippen molar-refractivity contribution in [1.29, 1.82) is 0 Å². The molecule has 92 valence electrons. The highest BCUT2D eigenvalue weighted by atomic mass is 14.9. The monoisotopic (exact) mass is 229 g/mol. The molecular weight excluding hydrogens is 206 g/mol. The third kappa shape index (κ3) is 1.81. The van der Waals surface area contributed by atoms with Gasteiger partial charge in [-0.25, -0.2) is 0 Å². The van der Waals surface area contributed by atoms with E-state index in [-0.39, 0.29) is 0 Å². The largest absolute Gasteiger partial charge is 0.317 e. The zero-order valence-corrected chi connectivity index (χ0v) is 10.9. The lowest BCUT2D eigenvalue weighted by Gasteiger charge is -2.15. The van der Waals surface area contributed by atoms with Crippen molar-refractivity contribution in [2.45, 2.75) is 44.6 Å². The van der Waals surface area contributed by atoms with Crippen LogP contribution in [0.5, 0.6) is 0 Å². The van der Waals surface area contributed by atoms with Gasteiger partial charge in [-0.15, -0.1) is 0 Å². The molecule has 1 heteroatoms. The SMILES string of the molecule is CCCC(NC)C1C2CCc3ccccc3C21. The number of hydrogen-bond donors (Lipinski definition) is 1. The van der Waals surface area contributed by atoms with Gasteiger partial charge in [0.2, 0.25) is 0 Å². The van der Waals surface area contributed by atoms with Gasteiger partial charge in [0.25, 0.3) is 0 Å². The predicted molar refractivity (Wildman–Crippen MR) is 72.2 cm³/mol. The lowest BCUT2D eigenvalue weighted by molar-refractivity contribution is 0.435. The van der Waals surface area contributed by atoms with E-state index in [1.165, 1.54) is 25.7 Å². The van der Waals surface area contributed by atoms with Crippen LogP contribution in [-0.4, -0.2) is 13.1 Å². The second kappa shape index (κ2) is 4.45. The molecule has 2 aliphatic rings. The summed E-state index contributed by atoms with van der Waals surface area (Å²) < 4.78 is 0. The van der Waals surface area contributed by atoms with Gasteiger partial charge in [-0.2, -0.15) is 0 Å². The lowest BCUT2D eigenvalue weighted by Crippen LogP contribution is -2.28. The number of aryl methyl sites for hydroxylation is 1. The van der Waals surface area contributed by atoms with Gasteiger partial charge in [0.1, 0.15) is 0 Å². The summed E-state index contributed by atoms with van der Waals surface area (Å²) in [6, 6.07) is 9.84. The molecule has 17 heavy (non-hydrogen) atoms. The molecule has 1 saturated carbocycles. The molecule has 0 bridgehead atoms. The van der Waals surface area contributed by atoms with E-state index in [1.807, 2.05) is 0 Å². The van der Waals surface area contributed by atoms with Crippen LogP contribution in [-0.2, 0) is 6.42 Å². The maximum atomic E-state index is 3.55. The first-order valence-electron chi connectivity index (χ1n) is 7.12. The number of hydrogen-bond acceptors (Lipinski definition) is 1. The fourth-order valence-electron chi connectivity index (χ4n) is 4.01. The Labute approximate surface area is 105 Å². The molecule has 1 N–H and O–H groups in total. The molecular formula is C16H23N. The predicted octanol–water partition coefficient (Wildman–Crippen LogP) is 3.35. The van der Waals surface area contributed by atoms with Crippen LogP contribution in [0.2, 0.25) is 0 Å². The molecule has 1 fully saturated rings. The van der Waals surface area contributed by atoms with Crippen molar-refractivity contribution in [3.63, 3.8) is 0 Å². The molecule has 4 atom stereocenters. The maximum Gasteiger partial charge on any atom is 0.0101 e. The molecule has 0 saturated heterocycles. The lowest BCUT2D eigenvalue weighted by atomic mass is 9.92. The highest BCUT2D eigenvalue weighted by Crippen LogP contribution is 2.61. The average Bonchev–Trinajstić information content (AvgIpc) is 3.10. The molecule has 2 aliphatic carbocycles. The zero-order valence-electron chi connectivity index (χ0n) is 10.9. The standard InChI is InChI=1S/C16H23N/c1-3-6-14(17-2)16-13-10-9-11-7-4-5-8-12(11)15(13)16/h4-5,7-8,13-17H,3,6,9-10H2,1-2H3. The highest BCUT2D eigenvalue weighted by molar-refractivity contribution is 5.40. The van der Waals surface area contributed by atoms with E-state index in [2.05, 4.69) is 43.6 Å². The molecule has 4 unspecified atom stereocenters. The summed E-state index contributed by atoms with van der Waals surface area (Å²) in [5, 5.41) is 3.55. The van der Waals surface area contributed by atoms with Crippen LogP contribution in [0.25, 0.3) is 0 Å². The van der Waals surface area contributed by atoms with Crippen LogP contribution in [0, 0.1) is 11.8 Å². The molecule has 0 spiro atoms. The molecule has 0 heterocycles. The minimum absolute atomic E-state index is 0.737. The van der Waals surface area contributed by atoms with Crippen molar-refractivity contribution < 1.29 is 0 Å². The van der Waals surface area contributed by atoms with Gasteiger partial charge in [0, 0.05) is 6.04 Å². The summed E-state index contributed by atoms with van der Waals surface area (Å²) in [4.78, 5) is 0. The average molecular weight is 229 g/mol. The van der Waals surface area contributed by atoms with Crippen LogP contribution in [0.15, 0.2) is 24.3 Å². The van der Waals surface area contributed by atoms with Crippen molar-refractivity contribution in [2.24, 2.45) is 11.8 Å². The van der Waals surface area contributed by atoms with Crippen LogP contribution >= 0.6 is 0 Å². The van der Waals surface area contributed by atoms with Gasteiger partial charge in [0.15, 0.2) is 0 Å². The van der Waals surface area contributed by atoms with Crippen molar-refractivity contribution in [1.82, 2.24) is 5.32 Å². The van der Waals surface area contributed by atoms with Crippen LogP contribution in [0.3, 0.4) is 0 Å². The van der Waals surface area contributed by atoms with Crippen LogP contribution in [0.1, 0.15) is 43.2 Å².